The molecule has 0 saturated carbocycles. The fourth-order valence-electron chi connectivity index (χ4n) is 2.51. The van der Waals surface area contributed by atoms with Gasteiger partial charge >= 0.3 is 0 Å². The highest BCUT2D eigenvalue weighted by molar-refractivity contribution is 5.76. The zero-order valence-electron chi connectivity index (χ0n) is 12.4. The average molecular weight is 255 g/mol. The zero-order valence-corrected chi connectivity index (χ0v) is 12.4. The molecule has 0 radical (unpaired) electrons. The third kappa shape index (κ3) is 5.36. The van der Waals surface area contributed by atoms with Crippen LogP contribution in [0, 0.1) is 5.92 Å². The summed E-state index contributed by atoms with van der Waals surface area (Å²) in [7, 11) is 0. The van der Waals surface area contributed by atoms with Crippen molar-refractivity contribution in [3.8, 4) is 0 Å². The lowest BCUT2D eigenvalue weighted by Crippen LogP contribution is -2.50. The van der Waals surface area contributed by atoms with Crippen molar-refractivity contribution in [1.29, 1.82) is 0 Å². The van der Waals surface area contributed by atoms with Gasteiger partial charge in [-0.15, -0.1) is 0 Å². The molecule has 0 aromatic rings. The zero-order chi connectivity index (χ0) is 13.5. The van der Waals surface area contributed by atoms with Crippen molar-refractivity contribution in [1.82, 2.24) is 15.1 Å². The van der Waals surface area contributed by atoms with Gasteiger partial charge in [0.25, 0.3) is 0 Å². The van der Waals surface area contributed by atoms with Gasteiger partial charge in [-0.25, -0.2) is 0 Å². The molecular weight excluding hydrogens is 226 g/mol. The van der Waals surface area contributed by atoms with E-state index in [0.717, 1.165) is 39.3 Å². The van der Waals surface area contributed by atoms with Gasteiger partial charge in [0.2, 0.25) is 5.91 Å². The highest BCUT2D eigenvalue weighted by Crippen LogP contribution is 2.07. The maximum absolute atomic E-state index is 12.1. The molecule has 4 nitrogen and oxygen atoms in total. The Labute approximate surface area is 112 Å². The highest BCUT2D eigenvalue weighted by Gasteiger charge is 2.22. The van der Waals surface area contributed by atoms with Crippen molar-refractivity contribution in [2.45, 2.75) is 40.2 Å². The van der Waals surface area contributed by atoms with Gasteiger partial charge < -0.3 is 10.2 Å². The molecule has 4 heteroatoms. The van der Waals surface area contributed by atoms with E-state index < -0.39 is 0 Å². The summed E-state index contributed by atoms with van der Waals surface area (Å²) >= 11 is 0. The Morgan fingerprint density at radius 1 is 1.17 bits per heavy atom. The first-order valence-corrected chi connectivity index (χ1v) is 7.26. The topological polar surface area (TPSA) is 35.6 Å². The van der Waals surface area contributed by atoms with Crippen LogP contribution in [0.15, 0.2) is 0 Å². The molecule has 1 amide bonds. The smallest absolute Gasteiger partial charge is 0.224 e. The van der Waals surface area contributed by atoms with Crippen molar-refractivity contribution < 1.29 is 4.79 Å². The third-order valence-electron chi connectivity index (χ3n) is 3.38. The van der Waals surface area contributed by atoms with Gasteiger partial charge in [-0.1, -0.05) is 20.8 Å². The third-order valence-corrected chi connectivity index (χ3v) is 3.38. The summed E-state index contributed by atoms with van der Waals surface area (Å²) < 4.78 is 0. The molecule has 1 atom stereocenters. The normalized spacial score (nSPS) is 19.3. The SMILES string of the molecule is CCNC(C)CC(=O)N1CCN(CC(C)C)CC1. The maximum Gasteiger partial charge on any atom is 0.224 e. The lowest BCUT2D eigenvalue weighted by atomic mass is 10.1. The number of rotatable bonds is 6. The van der Waals surface area contributed by atoms with E-state index in [2.05, 4.69) is 37.9 Å². The first-order chi connectivity index (χ1) is 8.52. The molecule has 1 aliphatic heterocycles. The van der Waals surface area contributed by atoms with Crippen LogP contribution in [-0.4, -0.2) is 61.0 Å². The van der Waals surface area contributed by atoms with Crippen LogP contribution in [0.1, 0.15) is 34.1 Å². The lowest BCUT2D eigenvalue weighted by molar-refractivity contribution is -0.133. The Kier molecular flexibility index (Phi) is 6.65. The Morgan fingerprint density at radius 2 is 1.78 bits per heavy atom. The fraction of sp³-hybridized carbons (Fsp3) is 0.929. The molecule has 0 aliphatic carbocycles. The molecule has 0 spiro atoms. The molecule has 18 heavy (non-hydrogen) atoms. The van der Waals surface area contributed by atoms with Crippen LogP contribution < -0.4 is 5.32 Å². The monoisotopic (exact) mass is 255 g/mol. The molecule has 1 rings (SSSR count). The van der Waals surface area contributed by atoms with Crippen molar-refractivity contribution in [2.24, 2.45) is 5.92 Å². The van der Waals surface area contributed by atoms with E-state index in [0.29, 0.717) is 18.2 Å². The van der Waals surface area contributed by atoms with Crippen molar-refractivity contribution in [3.05, 3.63) is 0 Å². The molecule has 1 saturated heterocycles. The number of amides is 1. The van der Waals surface area contributed by atoms with E-state index in [9.17, 15) is 4.79 Å². The van der Waals surface area contributed by atoms with Crippen LogP contribution in [0.3, 0.4) is 0 Å². The van der Waals surface area contributed by atoms with Gasteiger partial charge in [0, 0.05) is 45.2 Å². The summed E-state index contributed by atoms with van der Waals surface area (Å²) in [6, 6.07) is 0.288. The Hall–Kier alpha value is -0.610. The second-order valence-corrected chi connectivity index (χ2v) is 5.74. The summed E-state index contributed by atoms with van der Waals surface area (Å²) in [5.74, 6) is 1.01. The number of carbonyl (C=O) groups is 1. The van der Waals surface area contributed by atoms with Gasteiger partial charge in [0.15, 0.2) is 0 Å². The van der Waals surface area contributed by atoms with E-state index in [4.69, 9.17) is 0 Å². The van der Waals surface area contributed by atoms with Crippen LogP contribution >= 0.6 is 0 Å². The highest BCUT2D eigenvalue weighted by atomic mass is 16.2. The predicted octanol–water partition coefficient (Wildman–Crippen LogP) is 1.17. The summed E-state index contributed by atoms with van der Waals surface area (Å²) in [5, 5.41) is 3.29. The number of nitrogens with zero attached hydrogens (tertiary/aromatic N) is 2. The van der Waals surface area contributed by atoms with Crippen LogP contribution in [0.5, 0.6) is 0 Å². The van der Waals surface area contributed by atoms with E-state index in [1.54, 1.807) is 0 Å². The Bertz CT molecular complexity index is 247. The van der Waals surface area contributed by atoms with Gasteiger partial charge in [0.05, 0.1) is 0 Å². The predicted molar refractivity (Wildman–Crippen MR) is 75.6 cm³/mol. The van der Waals surface area contributed by atoms with Crippen LogP contribution in [0.25, 0.3) is 0 Å². The lowest BCUT2D eigenvalue weighted by Gasteiger charge is -2.36. The fourth-order valence-corrected chi connectivity index (χ4v) is 2.51. The number of hydrogen-bond donors (Lipinski definition) is 1. The number of carbonyl (C=O) groups excluding carboxylic acids is 1. The maximum atomic E-state index is 12.1. The second-order valence-electron chi connectivity index (χ2n) is 5.74. The minimum absolute atomic E-state index is 0.288. The van der Waals surface area contributed by atoms with Crippen LogP contribution in [0.4, 0.5) is 0 Å². The largest absolute Gasteiger partial charge is 0.340 e. The number of nitrogens with one attached hydrogen (secondary N) is 1. The average Bonchev–Trinajstić information content (AvgIpc) is 2.29. The van der Waals surface area contributed by atoms with Crippen molar-refractivity contribution in [2.75, 3.05) is 39.3 Å². The second kappa shape index (κ2) is 7.74. The summed E-state index contributed by atoms with van der Waals surface area (Å²) in [6.07, 6.45) is 0.623. The van der Waals surface area contributed by atoms with E-state index >= 15 is 0 Å². The number of hydrogen-bond acceptors (Lipinski definition) is 3. The Balaban J connectivity index is 2.27. The molecule has 1 aliphatic rings. The molecule has 1 heterocycles. The van der Waals surface area contributed by atoms with E-state index in [1.807, 2.05) is 4.90 Å². The molecule has 1 N–H and O–H groups in total. The van der Waals surface area contributed by atoms with Gasteiger partial charge in [-0.3, -0.25) is 9.69 Å². The molecule has 1 unspecified atom stereocenters. The molecule has 0 aromatic carbocycles. The molecule has 1 fully saturated rings. The molecule has 106 valence electrons. The minimum atomic E-state index is 0.288. The summed E-state index contributed by atoms with van der Waals surface area (Å²) in [6.45, 7) is 14.6. The van der Waals surface area contributed by atoms with Crippen LogP contribution in [0.2, 0.25) is 0 Å². The van der Waals surface area contributed by atoms with Gasteiger partial charge in [0.1, 0.15) is 0 Å². The summed E-state index contributed by atoms with van der Waals surface area (Å²) in [5.41, 5.74) is 0. The van der Waals surface area contributed by atoms with E-state index in [1.165, 1.54) is 0 Å². The first-order valence-electron chi connectivity index (χ1n) is 7.26. The molecular formula is C14H29N3O. The van der Waals surface area contributed by atoms with E-state index in [-0.39, 0.29) is 6.04 Å². The van der Waals surface area contributed by atoms with Gasteiger partial charge in [-0.2, -0.15) is 0 Å². The number of piperazine rings is 1. The molecule has 0 bridgehead atoms. The van der Waals surface area contributed by atoms with Gasteiger partial charge in [-0.05, 0) is 19.4 Å². The summed E-state index contributed by atoms with van der Waals surface area (Å²) in [4.78, 5) is 16.6. The quantitative estimate of drug-likeness (QED) is 0.774. The minimum Gasteiger partial charge on any atom is -0.340 e. The first kappa shape index (κ1) is 15.4. The van der Waals surface area contributed by atoms with Crippen LogP contribution in [-0.2, 0) is 4.79 Å². The van der Waals surface area contributed by atoms with Crippen molar-refractivity contribution >= 4 is 5.91 Å². The Morgan fingerprint density at radius 3 is 2.28 bits per heavy atom. The molecule has 0 aromatic heterocycles. The van der Waals surface area contributed by atoms with Crippen molar-refractivity contribution in [3.63, 3.8) is 0 Å². The standard InChI is InChI=1S/C14H29N3O/c1-5-15-13(4)10-14(18)17-8-6-16(7-9-17)11-12(2)3/h12-13,15H,5-11H2,1-4H3.